The van der Waals surface area contributed by atoms with Crippen molar-refractivity contribution >= 4 is 71.0 Å². The fraction of sp³-hybridized carbons (Fsp3) is 0.0189. The molecular formula is C53H34N4O. The first-order chi connectivity index (χ1) is 28.7. The second-order valence-corrected chi connectivity index (χ2v) is 15.0. The van der Waals surface area contributed by atoms with Gasteiger partial charge in [-0.25, -0.2) is 9.97 Å². The van der Waals surface area contributed by atoms with E-state index in [4.69, 9.17) is 14.7 Å². The van der Waals surface area contributed by atoms with Crippen LogP contribution in [-0.2, 0) is 0 Å². The summed E-state index contributed by atoms with van der Waals surface area (Å²) in [4.78, 5) is 10.5. The van der Waals surface area contributed by atoms with E-state index in [1.54, 1.807) is 0 Å². The minimum atomic E-state index is 0.628. The van der Waals surface area contributed by atoms with Crippen LogP contribution >= 0.6 is 0 Å². The van der Waals surface area contributed by atoms with E-state index in [1.165, 1.54) is 27.1 Å². The largest absolute Gasteiger partial charge is 0.456 e. The Kier molecular flexibility index (Phi) is 7.07. The van der Waals surface area contributed by atoms with Crippen LogP contribution in [0, 0.1) is 0 Å². The van der Waals surface area contributed by atoms with Crippen LogP contribution in [0.25, 0.3) is 99.3 Å². The lowest BCUT2D eigenvalue weighted by atomic mass is 9.99. The number of benzene rings is 7. The zero-order chi connectivity index (χ0) is 38.3. The van der Waals surface area contributed by atoms with Gasteiger partial charge in [-0.15, -0.1) is 0 Å². The maximum absolute atomic E-state index is 6.32. The Hall–Kier alpha value is -7.76. The van der Waals surface area contributed by atoms with E-state index in [2.05, 4.69) is 161 Å². The summed E-state index contributed by atoms with van der Waals surface area (Å²) in [6.45, 7) is 4.58. The molecule has 1 aliphatic heterocycles. The van der Waals surface area contributed by atoms with Gasteiger partial charge in [0.05, 0.1) is 38.7 Å². The molecule has 58 heavy (non-hydrogen) atoms. The Morgan fingerprint density at radius 2 is 1.41 bits per heavy atom. The van der Waals surface area contributed by atoms with Gasteiger partial charge in [-0.2, -0.15) is 0 Å². The van der Waals surface area contributed by atoms with E-state index in [-0.39, 0.29) is 0 Å². The first kappa shape index (κ1) is 32.5. The standard InChI is InChI=1S/C53H34N4O/c1-33(13-11-16-34-14-3-2-4-15-34)56-45-29-27-36(31-42(45)50-38-18-6-5-17-35(38)26-30-46(50)56)37-25-28-40-39-19-7-9-22-44(39)57(47(40)32-37)53-54-43-21-12-24-49-51(43)52(55-53)41-20-8-10-23-48(41)58-49/h2-14,16-32H,1,15H2/b13-11-,34-16-. The van der Waals surface area contributed by atoms with Crippen LogP contribution in [0.3, 0.4) is 0 Å². The normalized spacial score (nSPS) is 14.2. The second-order valence-electron chi connectivity index (χ2n) is 15.0. The molecule has 0 amide bonds. The van der Waals surface area contributed by atoms with Crippen molar-refractivity contribution in [3.05, 3.63) is 194 Å². The van der Waals surface area contributed by atoms with Crippen LogP contribution in [0.2, 0.25) is 0 Å². The average Bonchev–Trinajstić information content (AvgIpc) is 3.79. The molecule has 0 radical (unpaired) electrons. The Labute approximate surface area is 334 Å². The predicted octanol–water partition coefficient (Wildman–Crippen LogP) is 13.9. The summed E-state index contributed by atoms with van der Waals surface area (Å²) in [6.07, 6.45) is 15.9. The van der Waals surface area contributed by atoms with E-state index >= 15 is 0 Å². The van der Waals surface area contributed by atoms with E-state index in [1.807, 2.05) is 36.4 Å². The zero-order valence-corrected chi connectivity index (χ0v) is 31.4. The maximum atomic E-state index is 6.32. The monoisotopic (exact) mass is 742 g/mol. The molecule has 1 aliphatic carbocycles. The van der Waals surface area contributed by atoms with Crippen molar-refractivity contribution in [3.8, 4) is 39.8 Å². The van der Waals surface area contributed by atoms with Crippen molar-refractivity contribution in [1.82, 2.24) is 19.1 Å². The van der Waals surface area contributed by atoms with Gasteiger partial charge in [-0.05, 0) is 94.6 Å². The summed E-state index contributed by atoms with van der Waals surface area (Å²) in [5, 5.41) is 8.08. The average molecular weight is 743 g/mol. The summed E-state index contributed by atoms with van der Waals surface area (Å²) in [5.74, 6) is 2.20. The highest BCUT2D eigenvalue weighted by molar-refractivity contribution is 6.22. The van der Waals surface area contributed by atoms with Crippen molar-refractivity contribution in [2.75, 3.05) is 0 Å². The molecule has 0 saturated heterocycles. The van der Waals surface area contributed by atoms with Crippen LogP contribution in [0.4, 0.5) is 0 Å². The van der Waals surface area contributed by atoms with Gasteiger partial charge in [0.25, 0.3) is 0 Å². The number of para-hydroxylation sites is 2. The smallest absolute Gasteiger partial charge is 0.235 e. The molecule has 0 bridgehead atoms. The maximum Gasteiger partial charge on any atom is 0.235 e. The minimum Gasteiger partial charge on any atom is -0.456 e. The van der Waals surface area contributed by atoms with Gasteiger partial charge < -0.3 is 9.30 Å². The number of fused-ring (bicyclic) bond motifs is 10. The molecule has 12 rings (SSSR count). The molecule has 4 heterocycles. The molecular weight excluding hydrogens is 709 g/mol. The van der Waals surface area contributed by atoms with Crippen LogP contribution in [0.5, 0.6) is 11.5 Å². The Morgan fingerprint density at radius 3 is 2.34 bits per heavy atom. The molecule has 0 atom stereocenters. The first-order valence-corrected chi connectivity index (χ1v) is 19.7. The molecule has 10 aromatic rings. The van der Waals surface area contributed by atoms with Crippen LogP contribution in [0.1, 0.15) is 6.42 Å². The van der Waals surface area contributed by atoms with Gasteiger partial charge in [0, 0.05) is 32.8 Å². The van der Waals surface area contributed by atoms with Crippen LogP contribution in [-0.4, -0.2) is 19.1 Å². The summed E-state index contributed by atoms with van der Waals surface area (Å²) in [7, 11) is 0. The van der Waals surface area contributed by atoms with Gasteiger partial charge >= 0.3 is 0 Å². The topological polar surface area (TPSA) is 44.9 Å². The number of hydrogen-bond donors (Lipinski definition) is 0. The number of rotatable bonds is 5. The van der Waals surface area contributed by atoms with E-state index in [9.17, 15) is 0 Å². The lowest BCUT2D eigenvalue weighted by Gasteiger charge is -2.21. The molecule has 7 aromatic carbocycles. The number of allylic oxidation sites excluding steroid dienone is 9. The third-order valence-electron chi connectivity index (χ3n) is 11.7. The van der Waals surface area contributed by atoms with Gasteiger partial charge in [-0.3, -0.25) is 4.57 Å². The summed E-state index contributed by atoms with van der Waals surface area (Å²) in [6, 6.07) is 49.4. The Balaban J connectivity index is 1.06. The van der Waals surface area contributed by atoms with Gasteiger partial charge in [0.1, 0.15) is 11.5 Å². The quantitative estimate of drug-likeness (QED) is 0.165. The Morgan fingerprint density at radius 1 is 0.621 bits per heavy atom. The first-order valence-electron chi connectivity index (χ1n) is 19.7. The molecule has 0 spiro atoms. The summed E-state index contributed by atoms with van der Waals surface area (Å²) in [5.41, 5.74) is 11.5. The summed E-state index contributed by atoms with van der Waals surface area (Å²) < 4.78 is 10.8. The highest BCUT2D eigenvalue weighted by Gasteiger charge is 2.25. The zero-order valence-electron chi connectivity index (χ0n) is 31.4. The van der Waals surface area contributed by atoms with E-state index in [0.717, 1.165) is 89.7 Å². The predicted molar refractivity (Wildman–Crippen MR) is 241 cm³/mol. The second kappa shape index (κ2) is 12.6. The van der Waals surface area contributed by atoms with Crippen molar-refractivity contribution in [3.63, 3.8) is 0 Å². The van der Waals surface area contributed by atoms with Gasteiger partial charge in [0.15, 0.2) is 0 Å². The van der Waals surface area contributed by atoms with Crippen molar-refractivity contribution < 1.29 is 4.74 Å². The SMILES string of the molecule is C=C(/C=C\C=C1\C=CC=CC1)n1c2ccc(-c3ccc4c5ccccc5n(-c5nc6c7c(cccc7n5)Oc5ccccc5-6)c4c3)cc2c2c3ccccc3ccc21. The summed E-state index contributed by atoms with van der Waals surface area (Å²) >= 11 is 0. The number of hydrogen-bond acceptors (Lipinski definition) is 3. The number of aromatic nitrogens is 4. The molecule has 0 fully saturated rings. The third kappa shape index (κ3) is 4.90. The highest BCUT2D eigenvalue weighted by atomic mass is 16.5. The molecule has 272 valence electrons. The fourth-order valence-corrected chi connectivity index (χ4v) is 9.04. The molecule has 3 aromatic heterocycles. The van der Waals surface area contributed by atoms with Gasteiger partial charge in [0.2, 0.25) is 5.95 Å². The molecule has 0 saturated carbocycles. The fourth-order valence-electron chi connectivity index (χ4n) is 9.04. The van der Waals surface area contributed by atoms with Crippen molar-refractivity contribution in [1.29, 1.82) is 0 Å². The third-order valence-corrected chi connectivity index (χ3v) is 11.7. The highest BCUT2D eigenvalue weighted by Crippen LogP contribution is 2.46. The molecule has 0 unspecified atom stereocenters. The Bertz CT molecular complexity index is 3540. The van der Waals surface area contributed by atoms with Crippen LogP contribution in [0.15, 0.2) is 194 Å². The number of ether oxygens (including phenoxy) is 1. The minimum absolute atomic E-state index is 0.628. The molecule has 5 heteroatoms. The molecule has 5 nitrogen and oxygen atoms in total. The van der Waals surface area contributed by atoms with E-state index in [0.29, 0.717) is 5.95 Å². The molecule has 2 aliphatic rings. The van der Waals surface area contributed by atoms with Crippen LogP contribution < -0.4 is 4.74 Å². The lowest BCUT2D eigenvalue weighted by molar-refractivity contribution is 0.486. The van der Waals surface area contributed by atoms with Crippen molar-refractivity contribution in [2.45, 2.75) is 6.42 Å². The lowest BCUT2D eigenvalue weighted by Crippen LogP contribution is -2.06. The van der Waals surface area contributed by atoms with Gasteiger partial charge in [-0.1, -0.05) is 128 Å². The van der Waals surface area contributed by atoms with Crippen molar-refractivity contribution in [2.24, 2.45) is 0 Å². The molecule has 0 N–H and O–H groups in total. The van der Waals surface area contributed by atoms with E-state index < -0.39 is 0 Å². The number of nitrogens with zero attached hydrogens (tertiary/aromatic N) is 4.